The Kier molecular flexibility index (Phi) is 7.61. The van der Waals surface area contributed by atoms with Gasteiger partial charge >= 0.3 is 0 Å². The van der Waals surface area contributed by atoms with Crippen LogP contribution >= 0.6 is 15.9 Å². The average Bonchev–Trinajstić information content (AvgIpc) is 3.32. The number of carbonyl (C=O) groups excluding carboxylic acids is 1. The van der Waals surface area contributed by atoms with Crippen molar-refractivity contribution in [2.75, 3.05) is 19.6 Å². The largest absolute Gasteiger partial charge is 0.335 e. The number of amides is 1. The quantitative estimate of drug-likeness (QED) is 0.603. The molecule has 0 aromatic heterocycles. The number of nitrogens with one attached hydrogen (secondary N) is 1. The van der Waals surface area contributed by atoms with E-state index in [1.165, 1.54) is 16.7 Å². The first-order valence-electron chi connectivity index (χ1n) is 11.6. The van der Waals surface area contributed by atoms with E-state index < -0.39 is 0 Å². The lowest BCUT2D eigenvalue weighted by Crippen LogP contribution is -2.46. The molecule has 168 valence electrons. The Hall–Kier alpha value is -2.21. The molecule has 0 radical (unpaired) electrons. The summed E-state index contributed by atoms with van der Waals surface area (Å²) in [5.74, 6) is 0.827. The van der Waals surface area contributed by atoms with Gasteiger partial charge in [0, 0.05) is 35.6 Å². The second kappa shape index (κ2) is 10.6. The van der Waals surface area contributed by atoms with Gasteiger partial charge in [-0.05, 0) is 42.9 Å². The Labute approximate surface area is 199 Å². The van der Waals surface area contributed by atoms with E-state index in [0.29, 0.717) is 5.92 Å². The summed E-state index contributed by atoms with van der Waals surface area (Å²) in [5.41, 5.74) is 7.75. The predicted octanol–water partition coefficient (Wildman–Crippen LogP) is 4.43. The Morgan fingerprint density at radius 1 is 1.12 bits per heavy atom. The van der Waals surface area contributed by atoms with E-state index in [0.717, 1.165) is 36.9 Å². The molecule has 2 aromatic carbocycles. The minimum absolute atomic E-state index is 0.0464. The zero-order valence-corrected chi connectivity index (χ0v) is 20.3. The molecule has 0 bridgehead atoms. The smallest absolute Gasteiger partial charge is 0.228 e. The summed E-state index contributed by atoms with van der Waals surface area (Å²) in [6, 6.07) is 18.9. The number of carbonyl (C=O) groups is 1. The van der Waals surface area contributed by atoms with Crippen LogP contribution in [0.4, 0.5) is 0 Å². The van der Waals surface area contributed by atoms with Crippen molar-refractivity contribution < 1.29 is 10.5 Å². The lowest BCUT2D eigenvalue weighted by molar-refractivity contribution is -0.276. The number of likely N-dealkylation sites (tertiary alicyclic amines) is 1. The summed E-state index contributed by atoms with van der Waals surface area (Å²) in [4.78, 5) is 16.1. The van der Waals surface area contributed by atoms with E-state index in [2.05, 4.69) is 86.5 Å². The number of halogens is 1. The summed E-state index contributed by atoms with van der Waals surface area (Å²) < 4.78 is 1.08. The number of hydrogen-bond acceptors (Lipinski definition) is 2. The van der Waals surface area contributed by atoms with Gasteiger partial charge in [0.15, 0.2) is 0 Å². The van der Waals surface area contributed by atoms with Crippen molar-refractivity contribution in [1.82, 2.24) is 10.2 Å². The lowest BCUT2D eigenvalue weighted by atomic mass is 9.81. The van der Waals surface area contributed by atoms with E-state index >= 15 is 0 Å². The molecule has 4 nitrogen and oxygen atoms in total. The van der Waals surface area contributed by atoms with Crippen molar-refractivity contribution >= 4 is 21.8 Å². The maximum absolute atomic E-state index is 14.0. The molecule has 2 aliphatic rings. The second-order valence-electron chi connectivity index (χ2n) is 8.78. The van der Waals surface area contributed by atoms with E-state index in [-0.39, 0.29) is 23.8 Å². The molecule has 0 saturated carbocycles. The van der Waals surface area contributed by atoms with Crippen molar-refractivity contribution in [1.29, 1.82) is 0 Å². The van der Waals surface area contributed by atoms with Crippen LogP contribution in [0.5, 0.6) is 0 Å². The Bertz CT molecular complexity index is 987. The second-order valence-corrected chi connectivity index (χ2v) is 9.63. The van der Waals surface area contributed by atoms with E-state index in [9.17, 15) is 4.79 Å². The highest BCUT2D eigenvalue weighted by atomic mass is 79.9. The fourth-order valence-corrected chi connectivity index (χ4v) is 5.92. The molecule has 2 aliphatic heterocycles. The molecular formula is C27H33BrN3O+. The third-order valence-corrected chi connectivity index (χ3v) is 7.69. The fourth-order valence-electron chi connectivity index (χ4n) is 5.34. The zero-order valence-electron chi connectivity index (χ0n) is 18.7. The maximum Gasteiger partial charge on any atom is 0.228 e. The fraction of sp³-hybridized carbons (Fsp3) is 0.370. The molecule has 4 N–H and O–H groups in total. The molecule has 0 spiro atoms. The molecule has 4 rings (SSSR count). The number of quaternary nitrogens is 1. The zero-order chi connectivity index (χ0) is 22.5. The van der Waals surface area contributed by atoms with Crippen molar-refractivity contribution in [3.05, 3.63) is 94.1 Å². The van der Waals surface area contributed by atoms with Gasteiger partial charge in [0.2, 0.25) is 5.91 Å². The molecule has 32 heavy (non-hydrogen) atoms. The van der Waals surface area contributed by atoms with Crippen LogP contribution in [-0.4, -0.2) is 30.4 Å². The molecule has 2 heterocycles. The minimum Gasteiger partial charge on any atom is -0.335 e. The summed E-state index contributed by atoms with van der Waals surface area (Å²) in [6.07, 6.45) is 8.13. The third kappa shape index (κ3) is 4.75. The van der Waals surface area contributed by atoms with Crippen LogP contribution in [0.15, 0.2) is 83.0 Å². The first-order chi connectivity index (χ1) is 15.6. The molecule has 1 amide bonds. The lowest BCUT2D eigenvalue weighted by Gasteiger charge is -2.42. The monoisotopic (exact) mass is 494 g/mol. The van der Waals surface area contributed by atoms with Gasteiger partial charge in [-0.1, -0.05) is 76.6 Å². The van der Waals surface area contributed by atoms with Crippen LogP contribution in [-0.2, 0) is 4.79 Å². The van der Waals surface area contributed by atoms with Crippen molar-refractivity contribution in [2.24, 2.45) is 11.8 Å². The van der Waals surface area contributed by atoms with Gasteiger partial charge in [-0.15, -0.1) is 0 Å². The third-order valence-electron chi connectivity index (χ3n) is 6.97. The van der Waals surface area contributed by atoms with Crippen molar-refractivity contribution in [3.8, 4) is 0 Å². The summed E-state index contributed by atoms with van der Waals surface area (Å²) in [6.45, 7) is 4.39. The van der Waals surface area contributed by atoms with E-state index in [1.54, 1.807) is 0 Å². The normalized spacial score (nSPS) is 26.6. The standard InChI is InChI=1S/C27H32BrN3O/c1-2-8-21(16-29)20-13-14-31(26(15-20)19-9-4-3-5-10-19)27(32)24-18-30-17-23(24)22-11-6-7-12-25(22)28/h2-12,16,20,23-24,26,30H,13-15,17-18,29H2,1H3/p+1/b8-2-,21-16+/t20?,23?,24-,26?/m1/s1. The van der Waals surface area contributed by atoms with Crippen LogP contribution in [0, 0.1) is 11.8 Å². The molecule has 3 unspecified atom stereocenters. The molecule has 0 aliphatic carbocycles. The van der Waals surface area contributed by atoms with E-state index in [1.807, 2.05) is 25.3 Å². The predicted molar refractivity (Wildman–Crippen MR) is 133 cm³/mol. The van der Waals surface area contributed by atoms with E-state index in [4.69, 9.17) is 0 Å². The van der Waals surface area contributed by atoms with Crippen LogP contribution < -0.4 is 11.1 Å². The Balaban J connectivity index is 1.62. The van der Waals surface area contributed by atoms with Gasteiger partial charge in [0.25, 0.3) is 0 Å². The molecular weight excluding hydrogens is 462 g/mol. The number of rotatable bonds is 5. The summed E-state index contributed by atoms with van der Waals surface area (Å²) in [5, 5.41) is 3.48. The number of hydrogen-bond donors (Lipinski definition) is 2. The Morgan fingerprint density at radius 2 is 1.88 bits per heavy atom. The summed E-state index contributed by atoms with van der Waals surface area (Å²) >= 11 is 3.70. The van der Waals surface area contributed by atoms with Crippen molar-refractivity contribution in [3.63, 3.8) is 0 Å². The molecule has 5 heteroatoms. The van der Waals surface area contributed by atoms with Gasteiger partial charge in [-0.2, -0.15) is 0 Å². The van der Waals surface area contributed by atoms with Crippen LogP contribution in [0.25, 0.3) is 0 Å². The average molecular weight is 495 g/mol. The van der Waals surface area contributed by atoms with Gasteiger partial charge in [-0.3, -0.25) is 4.79 Å². The summed E-state index contributed by atoms with van der Waals surface area (Å²) in [7, 11) is 0. The SMILES string of the molecule is C/C=C\C(=C/[NH3+])C1CCN(C(=O)[C@@H]2CNCC2c2ccccc2Br)C(c2ccccc2)C1. The van der Waals surface area contributed by atoms with Gasteiger partial charge in [0.05, 0.1) is 18.2 Å². The number of nitrogens with zero attached hydrogens (tertiary/aromatic N) is 1. The topological polar surface area (TPSA) is 60.0 Å². The molecule has 4 atom stereocenters. The van der Waals surface area contributed by atoms with Crippen LogP contribution in [0.3, 0.4) is 0 Å². The molecule has 2 saturated heterocycles. The first-order valence-corrected chi connectivity index (χ1v) is 12.4. The maximum atomic E-state index is 14.0. The molecule has 2 fully saturated rings. The number of benzene rings is 2. The minimum atomic E-state index is -0.0464. The number of piperidine rings is 1. The Morgan fingerprint density at radius 3 is 2.59 bits per heavy atom. The van der Waals surface area contributed by atoms with Crippen molar-refractivity contribution in [2.45, 2.75) is 31.7 Å². The van der Waals surface area contributed by atoms with Gasteiger partial charge < -0.3 is 16.0 Å². The highest BCUT2D eigenvalue weighted by molar-refractivity contribution is 9.10. The highest BCUT2D eigenvalue weighted by Crippen LogP contribution is 2.41. The number of allylic oxidation sites excluding steroid dienone is 3. The van der Waals surface area contributed by atoms with Crippen LogP contribution in [0.2, 0.25) is 0 Å². The van der Waals surface area contributed by atoms with Gasteiger partial charge in [-0.25, -0.2) is 0 Å². The van der Waals surface area contributed by atoms with Crippen LogP contribution in [0.1, 0.15) is 42.9 Å². The first kappa shape index (κ1) is 23.0. The molecule has 2 aromatic rings. The highest BCUT2D eigenvalue weighted by Gasteiger charge is 2.41. The van der Waals surface area contributed by atoms with Gasteiger partial charge in [0.1, 0.15) is 0 Å².